The van der Waals surface area contributed by atoms with E-state index in [2.05, 4.69) is 53.2 Å². The zero-order valence-corrected chi connectivity index (χ0v) is 40.8. The van der Waals surface area contributed by atoms with Gasteiger partial charge in [-0.15, -0.1) is 0 Å². The minimum Gasteiger partial charge on any atom is -0.378 e. The second-order valence-electron chi connectivity index (χ2n) is 18.2. The Morgan fingerprint density at radius 3 is 1.78 bits per heavy atom. The van der Waals surface area contributed by atoms with Gasteiger partial charge in [0.2, 0.25) is 70.9 Å². The molecular formula is C46H63F3N12O13. The molecule has 25 nitrogen and oxygen atoms in total. The van der Waals surface area contributed by atoms with Crippen molar-refractivity contribution in [2.45, 2.75) is 107 Å². The van der Waals surface area contributed by atoms with Gasteiger partial charge in [-0.25, -0.2) is 0 Å². The van der Waals surface area contributed by atoms with Crippen molar-refractivity contribution >= 4 is 70.9 Å². The summed E-state index contributed by atoms with van der Waals surface area (Å²) in [5, 5.41) is 24.2. The quantitative estimate of drug-likeness (QED) is 0.134. The highest BCUT2D eigenvalue weighted by atomic mass is 19.4. The van der Waals surface area contributed by atoms with Crippen LogP contribution in [0.15, 0.2) is 24.3 Å². The molecule has 0 aromatic heterocycles. The Balaban J connectivity index is 1.32. The lowest BCUT2D eigenvalue weighted by Crippen LogP contribution is -2.62. The lowest BCUT2D eigenvalue weighted by atomic mass is 9.95. The molecule has 28 heteroatoms. The Morgan fingerprint density at radius 2 is 1.18 bits per heavy atom. The number of alkyl halides is 3. The van der Waals surface area contributed by atoms with Crippen LogP contribution in [0.2, 0.25) is 0 Å². The standard InChI is InChI=1S/C46H63F3N12O13/c1-2-6-29-40(69)53-22-35(64)50-21-34(63)51-24-37(66)57-30(19-27-8-10-28(11-9-27)46(47,48)49)41(70)54-23-36(65)52-26-39(68)61-14-5-7-32(61)42(71)59-45(12-3-4-13-45)44(73)55-25-38(67)58-31(20-33(62)56-29)43(72)60-15-17-74-18-16-60/h8-11,29-32H,2-7,12-26H2,1H3,(H,50,64)(H,51,63)(H,52,65)(H,53,69)(H,54,70)(H,55,73)(H,56,62)(H,57,66)(H,58,67)(H,59,71). The number of amides is 12. The molecular weight excluding hydrogens is 986 g/mol. The summed E-state index contributed by atoms with van der Waals surface area (Å²) >= 11 is 0. The summed E-state index contributed by atoms with van der Waals surface area (Å²) in [7, 11) is 0. The molecule has 3 heterocycles. The Bertz CT molecular complexity index is 2270. The van der Waals surface area contributed by atoms with Gasteiger partial charge in [-0.2, -0.15) is 13.2 Å². The number of rotatable bonds is 5. The van der Waals surface area contributed by atoms with E-state index in [0.29, 0.717) is 25.7 Å². The smallest absolute Gasteiger partial charge is 0.378 e. The summed E-state index contributed by atoms with van der Waals surface area (Å²) < 4.78 is 45.1. The molecule has 1 aromatic rings. The van der Waals surface area contributed by atoms with Gasteiger partial charge >= 0.3 is 6.18 Å². The summed E-state index contributed by atoms with van der Waals surface area (Å²) in [6.45, 7) is -1.59. The van der Waals surface area contributed by atoms with Gasteiger partial charge < -0.3 is 67.7 Å². The molecule has 4 atom stereocenters. The fourth-order valence-electron chi connectivity index (χ4n) is 8.74. The summed E-state index contributed by atoms with van der Waals surface area (Å²) in [4.78, 5) is 162. The normalized spacial score (nSPS) is 24.6. The lowest BCUT2D eigenvalue weighted by Gasteiger charge is -2.32. The number of benzene rings is 1. The fourth-order valence-corrected chi connectivity index (χ4v) is 8.74. The van der Waals surface area contributed by atoms with Crippen molar-refractivity contribution in [2.75, 3.05) is 72.1 Å². The molecule has 4 unspecified atom stereocenters. The van der Waals surface area contributed by atoms with Crippen molar-refractivity contribution in [3.05, 3.63) is 35.4 Å². The lowest BCUT2D eigenvalue weighted by molar-refractivity contribution is -0.142. The van der Waals surface area contributed by atoms with Gasteiger partial charge in [0.1, 0.15) is 29.7 Å². The number of fused-ring (bicyclic) bond motifs is 1. The second-order valence-corrected chi connectivity index (χ2v) is 18.2. The van der Waals surface area contributed by atoms with Crippen LogP contribution < -0.4 is 53.2 Å². The van der Waals surface area contributed by atoms with E-state index in [1.807, 2.05) is 0 Å². The van der Waals surface area contributed by atoms with E-state index in [1.165, 1.54) is 9.80 Å². The number of hydrogen-bond acceptors (Lipinski definition) is 13. The van der Waals surface area contributed by atoms with Crippen LogP contribution >= 0.6 is 0 Å². The first-order valence-electron chi connectivity index (χ1n) is 24.3. The average molecular weight is 1050 g/mol. The van der Waals surface area contributed by atoms with Crippen LogP contribution in [-0.4, -0.2) is 183 Å². The predicted octanol–water partition coefficient (Wildman–Crippen LogP) is -4.12. The zero-order chi connectivity index (χ0) is 54.0. The third-order valence-electron chi connectivity index (χ3n) is 12.7. The molecule has 1 saturated carbocycles. The van der Waals surface area contributed by atoms with Crippen LogP contribution in [0.5, 0.6) is 0 Å². The maximum absolute atomic E-state index is 13.9. The third kappa shape index (κ3) is 17.1. The van der Waals surface area contributed by atoms with E-state index in [1.54, 1.807) is 6.92 Å². The molecule has 0 bridgehead atoms. The molecule has 4 fully saturated rings. The molecule has 5 rings (SSSR count). The van der Waals surface area contributed by atoms with Gasteiger partial charge in [-0.1, -0.05) is 38.3 Å². The topological polar surface area (TPSA) is 341 Å². The number of carbonyl (C=O) groups excluding carboxylic acids is 12. The third-order valence-corrected chi connectivity index (χ3v) is 12.7. The van der Waals surface area contributed by atoms with Crippen LogP contribution in [0.3, 0.4) is 0 Å². The maximum atomic E-state index is 13.9. The number of morpholine rings is 1. The van der Waals surface area contributed by atoms with Crippen LogP contribution in [0.1, 0.15) is 75.8 Å². The second kappa shape index (κ2) is 27.1. The molecule has 10 N–H and O–H groups in total. The molecule has 0 radical (unpaired) electrons. The van der Waals surface area contributed by atoms with Gasteiger partial charge in [0.25, 0.3) is 0 Å². The van der Waals surface area contributed by atoms with Crippen LogP contribution in [-0.2, 0) is 74.9 Å². The number of carbonyl (C=O) groups is 12. The summed E-state index contributed by atoms with van der Waals surface area (Å²) in [5.74, 6) is -9.69. The highest BCUT2D eigenvalue weighted by Gasteiger charge is 2.46. The van der Waals surface area contributed by atoms with E-state index >= 15 is 0 Å². The van der Waals surface area contributed by atoms with Crippen molar-refractivity contribution in [2.24, 2.45) is 0 Å². The first-order valence-corrected chi connectivity index (χ1v) is 24.3. The molecule has 3 aliphatic heterocycles. The number of halogens is 3. The number of hydrogen-bond donors (Lipinski definition) is 10. The van der Waals surface area contributed by atoms with Gasteiger partial charge in [0.15, 0.2) is 0 Å². The number of nitrogens with zero attached hydrogens (tertiary/aromatic N) is 2. The van der Waals surface area contributed by atoms with E-state index in [0.717, 1.165) is 24.3 Å². The molecule has 406 valence electrons. The average Bonchev–Trinajstić information content (AvgIpc) is 4.07. The molecule has 4 aliphatic rings. The SMILES string of the molecule is CCCC1NC(=O)CC(C(=O)N2CCOCC2)NC(=O)CNC(=O)C2(CCCC2)NC(=O)C2CCCN2C(=O)CNC(=O)CNC(=O)C(Cc2ccc(C(F)(F)F)cc2)NC(=O)CNC(=O)CNC(=O)CNC1=O. The molecule has 12 amide bonds. The van der Waals surface area contributed by atoms with Gasteiger partial charge in [-0.05, 0) is 49.8 Å². The van der Waals surface area contributed by atoms with Crippen molar-refractivity contribution in [3.8, 4) is 0 Å². The zero-order valence-electron chi connectivity index (χ0n) is 40.8. The van der Waals surface area contributed by atoms with Crippen molar-refractivity contribution in [1.29, 1.82) is 0 Å². The minimum atomic E-state index is -4.66. The predicted molar refractivity (Wildman–Crippen MR) is 250 cm³/mol. The molecule has 3 saturated heterocycles. The summed E-state index contributed by atoms with van der Waals surface area (Å²) in [6.07, 6.45) is -3.16. The fraction of sp³-hybridized carbons (Fsp3) is 0.609. The Kier molecular flexibility index (Phi) is 21.0. The van der Waals surface area contributed by atoms with E-state index in [-0.39, 0.29) is 70.5 Å². The van der Waals surface area contributed by atoms with Crippen LogP contribution in [0, 0.1) is 0 Å². The van der Waals surface area contributed by atoms with Crippen LogP contribution in [0.4, 0.5) is 13.2 Å². The Morgan fingerprint density at radius 1 is 0.635 bits per heavy atom. The van der Waals surface area contributed by atoms with Gasteiger partial charge in [0.05, 0.1) is 64.5 Å². The maximum Gasteiger partial charge on any atom is 0.416 e. The van der Waals surface area contributed by atoms with E-state index in [9.17, 15) is 70.7 Å². The highest BCUT2D eigenvalue weighted by molar-refractivity contribution is 5.99. The van der Waals surface area contributed by atoms with Gasteiger partial charge in [-0.3, -0.25) is 57.5 Å². The number of nitrogens with one attached hydrogen (secondary N) is 10. The highest BCUT2D eigenvalue weighted by Crippen LogP contribution is 2.31. The van der Waals surface area contributed by atoms with Gasteiger partial charge in [0, 0.05) is 26.1 Å². The minimum absolute atomic E-state index is 0.0830. The summed E-state index contributed by atoms with van der Waals surface area (Å²) in [6, 6.07) is -1.52. The molecule has 1 aromatic carbocycles. The van der Waals surface area contributed by atoms with Crippen molar-refractivity contribution in [1.82, 2.24) is 63.0 Å². The molecule has 1 spiro atoms. The summed E-state index contributed by atoms with van der Waals surface area (Å²) in [5.41, 5.74) is -2.28. The molecule has 1 aliphatic carbocycles. The monoisotopic (exact) mass is 1050 g/mol. The van der Waals surface area contributed by atoms with E-state index < -0.39 is 158 Å². The van der Waals surface area contributed by atoms with Crippen molar-refractivity contribution in [3.63, 3.8) is 0 Å². The Hall–Kier alpha value is -7.39. The van der Waals surface area contributed by atoms with E-state index in [4.69, 9.17) is 4.74 Å². The Labute approximate surface area is 423 Å². The molecule has 74 heavy (non-hydrogen) atoms. The first kappa shape index (κ1) is 57.5. The van der Waals surface area contributed by atoms with Crippen molar-refractivity contribution < 1.29 is 75.4 Å². The first-order chi connectivity index (χ1) is 35.2. The number of ether oxygens (including phenoxy) is 1. The largest absolute Gasteiger partial charge is 0.416 e. The van der Waals surface area contributed by atoms with Crippen LogP contribution in [0.25, 0.3) is 0 Å².